The maximum absolute atomic E-state index is 11.1. The van der Waals surface area contributed by atoms with E-state index in [0.717, 1.165) is 0 Å². The van der Waals surface area contributed by atoms with Gasteiger partial charge < -0.3 is 19.0 Å². The molecule has 0 aromatic carbocycles. The molecule has 0 bridgehead atoms. The van der Waals surface area contributed by atoms with E-state index in [2.05, 4.69) is 26.1 Å². The second kappa shape index (κ2) is 5.58. The first kappa shape index (κ1) is 14.2. The van der Waals surface area contributed by atoms with Crippen molar-refractivity contribution >= 4 is 21.9 Å². The first-order chi connectivity index (χ1) is 10.0. The molecular weight excluding hydrogens is 346 g/mol. The number of carboxylic acid groups (broad SMARTS) is 1. The first-order valence-electron chi connectivity index (χ1n) is 6.26. The molecule has 0 saturated carbocycles. The summed E-state index contributed by atoms with van der Waals surface area (Å²) in [6.45, 7) is 0.434. The van der Waals surface area contributed by atoms with Crippen LogP contribution in [0.4, 0.5) is 0 Å². The average molecular weight is 358 g/mol. The van der Waals surface area contributed by atoms with Gasteiger partial charge in [-0.3, -0.25) is 9.69 Å². The van der Waals surface area contributed by atoms with E-state index in [9.17, 15) is 9.90 Å². The predicted molar refractivity (Wildman–Crippen MR) is 72.2 cm³/mol. The van der Waals surface area contributed by atoms with E-state index in [1.165, 1.54) is 0 Å². The van der Waals surface area contributed by atoms with Gasteiger partial charge in [-0.2, -0.15) is 0 Å². The first-order valence-corrected chi connectivity index (χ1v) is 7.05. The lowest BCUT2D eigenvalue weighted by molar-refractivity contribution is -0.142. The molecule has 1 fully saturated rings. The lowest BCUT2D eigenvalue weighted by atomic mass is 10.2. The van der Waals surface area contributed by atoms with Crippen LogP contribution in [0.3, 0.4) is 0 Å². The van der Waals surface area contributed by atoms with Crippen molar-refractivity contribution in [2.75, 3.05) is 6.54 Å². The Hall–Kier alpha value is -1.71. The van der Waals surface area contributed by atoms with Crippen molar-refractivity contribution in [3.8, 4) is 11.7 Å². The van der Waals surface area contributed by atoms with Gasteiger partial charge in [-0.1, -0.05) is 0 Å². The van der Waals surface area contributed by atoms with Crippen LogP contribution >= 0.6 is 15.9 Å². The molecule has 9 heteroatoms. The minimum absolute atomic E-state index is 0.170. The Morgan fingerprint density at radius 1 is 1.43 bits per heavy atom. The Kier molecular flexibility index (Phi) is 3.79. The number of hydrogen-bond acceptors (Lipinski definition) is 7. The van der Waals surface area contributed by atoms with Crippen molar-refractivity contribution < 1.29 is 23.8 Å². The van der Waals surface area contributed by atoms with Crippen molar-refractivity contribution in [2.45, 2.75) is 25.1 Å². The predicted octanol–water partition coefficient (Wildman–Crippen LogP) is 1.11. The van der Waals surface area contributed by atoms with Gasteiger partial charge in [0.15, 0.2) is 10.4 Å². The third kappa shape index (κ3) is 2.99. The van der Waals surface area contributed by atoms with Crippen LogP contribution in [0.25, 0.3) is 11.7 Å². The molecule has 21 heavy (non-hydrogen) atoms. The Bertz CT molecular complexity index is 655. The summed E-state index contributed by atoms with van der Waals surface area (Å²) in [5.41, 5.74) is 0. The molecule has 2 aromatic heterocycles. The molecule has 0 spiro atoms. The highest BCUT2D eigenvalue weighted by Gasteiger charge is 2.36. The quantitative estimate of drug-likeness (QED) is 0.836. The monoisotopic (exact) mass is 357 g/mol. The van der Waals surface area contributed by atoms with E-state index in [1.54, 1.807) is 17.0 Å². The summed E-state index contributed by atoms with van der Waals surface area (Å²) in [6.07, 6.45) is -0.462. The zero-order valence-corrected chi connectivity index (χ0v) is 12.4. The van der Waals surface area contributed by atoms with Crippen molar-refractivity contribution in [1.82, 2.24) is 15.1 Å². The van der Waals surface area contributed by atoms with Crippen LogP contribution in [0.1, 0.15) is 12.3 Å². The van der Waals surface area contributed by atoms with Gasteiger partial charge in [-0.05, 0) is 28.1 Å². The summed E-state index contributed by atoms with van der Waals surface area (Å²) >= 11 is 3.18. The number of carboxylic acids is 1. The molecule has 3 rings (SSSR count). The number of aliphatic hydroxyl groups excluding tert-OH is 1. The minimum atomic E-state index is -0.971. The van der Waals surface area contributed by atoms with Gasteiger partial charge in [0.2, 0.25) is 5.89 Å². The number of β-amino-alcohol motifs (C(OH)–C–C–N with tert-alkyl or cyclic N) is 1. The summed E-state index contributed by atoms with van der Waals surface area (Å²) in [6, 6.07) is 2.64. The number of carbonyl (C=O) groups is 1. The summed E-state index contributed by atoms with van der Waals surface area (Å²) in [7, 11) is 0. The highest BCUT2D eigenvalue weighted by molar-refractivity contribution is 9.10. The second-order valence-electron chi connectivity index (χ2n) is 4.78. The second-order valence-corrected chi connectivity index (χ2v) is 5.56. The largest absolute Gasteiger partial charge is 0.480 e. The third-order valence-electron chi connectivity index (χ3n) is 3.26. The summed E-state index contributed by atoms with van der Waals surface area (Å²) in [5, 5.41) is 26.5. The van der Waals surface area contributed by atoms with Crippen molar-refractivity contribution in [3.05, 3.63) is 22.7 Å². The molecule has 112 valence electrons. The van der Waals surface area contributed by atoms with Crippen LogP contribution in [0.2, 0.25) is 0 Å². The molecule has 2 aromatic rings. The molecule has 2 unspecified atom stereocenters. The third-order valence-corrected chi connectivity index (χ3v) is 3.68. The molecular formula is C12H12BrN3O5. The molecule has 8 nitrogen and oxygen atoms in total. The van der Waals surface area contributed by atoms with Crippen LogP contribution in [-0.4, -0.2) is 50.0 Å². The normalized spacial score (nSPS) is 22.8. The van der Waals surface area contributed by atoms with Gasteiger partial charge in [0, 0.05) is 13.0 Å². The van der Waals surface area contributed by atoms with E-state index in [0.29, 0.717) is 10.4 Å². The van der Waals surface area contributed by atoms with Crippen molar-refractivity contribution in [1.29, 1.82) is 0 Å². The number of furan rings is 1. The highest BCUT2D eigenvalue weighted by atomic mass is 79.9. The van der Waals surface area contributed by atoms with Crippen LogP contribution in [0.5, 0.6) is 0 Å². The van der Waals surface area contributed by atoms with Gasteiger partial charge in [0.05, 0.1) is 12.6 Å². The zero-order valence-electron chi connectivity index (χ0n) is 10.8. The molecule has 0 aliphatic carbocycles. The summed E-state index contributed by atoms with van der Waals surface area (Å²) < 4.78 is 11.3. The van der Waals surface area contributed by atoms with Crippen molar-refractivity contribution in [3.63, 3.8) is 0 Å². The number of halogens is 1. The smallest absolute Gasteiger partial charge is 0.321 e. The van der Waals surface area contributed by atoms with Crippen LogP contribution < -0.4 is 0 Å². The van der Waals surface area contributed by atoms with Gasteiger partial charge in [0.1, 0.15) is 6.04 Å². The van der Waals surface area contributed by atoms with Crippen LogP contribution in [0, 0.1) is 0 Å². The minimum Gasteiger partial charge on any atom is -0.480 e. The number of hydrogen-bond donors (Lipinski definition) is 2. The van der Waals surface area contributed by atoms with Gasteiger partial charge in [-0.15, -0.1) is 10.2 Å². The molecule has 2 atom stereocenters. The van der Waals surface area contributed by atoms with Gasteiger partial charge in [0.25, 0.3) is 5.89 Å². The molecule has 1 saturated heterocycles. The number of aliphatic hydroxyl groups is 1. The zero-order chi connectivity index (χ0) is 15.0. The number of aliphatic carboxylic acids is 1. The Morgan fingerprint density at radius 2 is 2.24 bits per heavy atom. The lowest BCUT2D eigenvalue weighted by Gasteiger charge is -2.18. The number of nitrogens with zero attached hydrogens (tertiary/aromatic N) is 3. The maximum Gasteiger partial charge on any atom is 0.321 e. The topological polar surface area (TPSA) is 113 Å². The average Bonchev–Trinajstić information content (AvgIpc) is 3.10. The van der Waals surface area contributed by atoms with Gasteiger partial charge in [-0.25, -0.2) is 0 Å². The van der Waals surface area contributed by atoms with Crippen molar-refractivity contribution in [2.24, 2.45) is 0 Å². The fraction of sp³-hybridized carbons (Fsp3) is 0.417. The molecule has 0 radical (unpaired) electrons. The molecule has 2 N–H and O–H groups in total. The van der Waals surface area contributed by atoms with E-state index >= 15 is 0 Å². The molecule has 0 amide bonds. The Labute approximate surface area is 127 Å². The molecule has 1 aliphatic rings. The highest BCUT2D eigenvalue weighted by Crippen LogP contribution is 2.25. The SMILES string of the molecule is O=C(O)C1CC(O)CN1Cc1nnc(-c2ccc(Br)o2)o1. The van der Waals surface area contributed by atoms with E-state index in [1.807, 2.05) is 0 Å². The van der Waals surface area contributed by atoms with E-state index < -0.39 is 18.1 Å². The standard InChI is InChI=1S/C12H12BrN3O5/c13-9-2-1-8(20-9)11-15-14-10(21-11)5-16-4-6(17)3-7(16)12(18)19/h1-2,6-7,17H,3-5H2,(H,18,19). The Morgan fingerprint density at radius 3 is 2.90 bits per heavy atom. The Balaban J connectivity index is 1.74. The van der Waals surface area contributed by atoms with Gasteiger partial charge >= 0.3 is 5.97 Å². The summed E-state index contributed by atoms with van der Waals surface area (Å²) in [5.74, 6) is -0.0432. The fourth-order valence-electron chi connectivity index (χ4n) is 2.33. The van der Waals surface area contributed by atoms with E-state index in [-0.39, 0.29) is 31.3 Å². The fourth-order valence-corrected chi connectivity index (χ4v) is 2.64. The van der Waals surface area contributed by atoms with Crippen LogP contribution in [0.15, 0.2) is 25.6 Å². The number of likely N-dealkylation sites (tertiary alicyclic amines) is 1. The number of aromatic nitrogens is 2. The molecule has 1 aliphatic heterocycles. The number of rotatable bonds is 4. The lowest BCUT2D eigenvalue weighted by Crippen LogP contribution is -2.35. The molecule has 3 heterocycles. The summed E-state index contributed by atoms with van der Waals surface area (Å²) in [4.78, 5) is 12.7. The van der Waals surface area contributed by atoms with Crippen LogP contribution in [-0.2, 0) is 11.3 Å². The maximum atomic E-state index is 11.1. The van der Waals surface area contributed by atoms with E-state index in [4.69, 9.17) is 13.9 Å².